The van der Waals surface area contributed by atoms with Crippen LogP contribution in [0, 0.1) is 17.3 Å². The highest BCUT2D eigenvalue weighted by Crippen LogP contribution is 2.62. The topological polar surface area (TPSA) is 99.5 Å². The van der Waals surface area contributed by atoms with Gasteiger partial charge in [-0.2, -0.15) is 0 Å². The number of rotatable bonds is 4. The number of anilines is 1. The lowest BCUT2D eigenvalue weighted by Crippen LogP contribution is -2.56. The van der Waals surface area contributed by atoms with Crippen molar-refractivity contribution in [3.63, 3.8) is 0 Å². The molecule has 4 aliphatic rings. The molecule has 5 rings (SSSR count). The molecule has 0 saturated heterocycles. The van der Waals surface area contributed by atoms with E-state index >= 15 is 0 Å². The van der Waals surface area contributed by atoms with E-state index in [1.54, 1.807) is 0 Å². The Kier molecular flexibility index (Phi) is 5.32. The van der Waals surface area contributed by atoms with Gasteiger partial charge in [-0.25, -0.2) is 4.98 Å². The zero-order valence-corrected chi connectivity index (χ0v) is 15.3. The smallest absolute Gasteiger partial charge is 0.290 e. The summed E-state index contributed by atoms with van der Waals surface area (Å²) in [5.41, 5.74) is 0.516. The molecule has 2 unspecified atom stereocenters. The standard InChI is InChI=1S/C19H26N2O2.CH2O2/c1-2-15-4-3-5-16(20-15)21-17(22)11-18-7-13-6-14(8-18)10-19(23,9-13)12-18;2-1-3/h3-5,13-14,23H,2,6-12H2,1H3,(H,20,21,22);1H,(H,2,3). The molecular weight excluding hydrogens is 332 g/mol. The van der Waals surface area contributed by atoms with Crippen molar-refractivity contribution in [1.29, 1.82) is 0 Å². The minimum Gasteiger partial charge on any atom is -0.483 e. The SMILES string of the molecule is CCc1cccc(NC(=O)CC23CC4CC(CC(O)(C4)C2)C3)n1.O=CO. The van der Waals surface area contributed by atoms with Crippen LogP contribution in [-0.2, 0) is 16.0 Å². The van der Waals surface area contributed by atoms with Gasteiger partial charge in [-0.05, 0) is 74.3 Å². The molecule has 4 fully saturated rings. The maximum Gasteiger partial charge on any atom is 0.290 e. The lowest BCUT2D eigenvalue weighted by molar-refractivity contribution is -0.167. The molecule has 0 aromatic carbocycles. The Morgan fingerprint density at radius 1 is 1.31 bits per heavy atom. The highest BCUT2D eigenvalue weighted by Gasteiger charge is 2.57. The molecule has 1 aromatic rings. The summed E-state index contributed by atoms with van der Waals surface area (Å²) in [5, 5.41) is 20.7. The summed E-state index contributed by atoms with van der Waals surface area (Å²) in [5.74, 6) is 1.94. The number of aromatic nitrogens is 1. The molecule has 4 saturated carbocycles. The molecule has 6 nitrogen and oxygen atoms in total. The number of amides is 1. The number of carbonyl (C=O) groups is 2. The minimum atomic E-state index is -0.495. The van der Waals surface area contributed by atoms with E-state index in [1.165, 1.54) is 6.42 Å². The van der Waals surface area contributed by atoms with Crippen LogP contribution >= 0.6 is 0 Å². The number of hydrogen-bond acceptors (Lipinski definition) is 4. The Labute approximate surface area is 154 Å². The predicted molar refractivity (Wildman–Crippen MR) is 97.6 cm³/mol. The largest absolute Gasteiger partial charge is 0.483 e. The van der Waals surface area contributed by atoms with Gasteiger partial charge in [0.1, 0.15) is 5.82 Å². The Balaban J connectivity index is 0.000000613. The van der Waals surface area contributed by atoms with Gasteiger partial charge in [0.2, 0.25) is 5.91 Å². The third-order valence-corrected chi connectivity index (χ3v) is 6.12. The first-order valence-corrected chi connectivity index (χ1v) is 9.45. The molecule has 4 bridgehead atoms. The Morgan fingerprint density at radius 3 is 2.54 bits per heavy atom. The summed E-state index contributed by atoms with van der Waals surface area (Å²) in [6, 6.07) is 5.77. The van der Waals surface area contributed by atoms with Crippen LogP contribution in [0.3, 0.4) is 0 Å². The summed E-state index contributed by atoms with van der Waals surface area (Å²) in [7, 11) is 0. The normalized spacial score (nSPS) is 33.9. The van der Waals surface area contributed by atoms with E-state index in [0.29, 0.717) is 24.1 Å². The van der Waals surface area contributed by atoms with Gasteiger partial charge in [0.25, 0.3) is 6.47 Å². The molecule has 0 spiro atoms. The number of carbonyl (C=O) groups excluding carboxylic acids is 1. The van der Waals surface area contributed by atoms with Crippen LogP contribution < -0.4 is 5.32 Å². The zero-order valence-electron chi connectivity index (χ0n) is 15.3. The van der Waals surface area contributed by atoms with Crippen LogP contribution in [-0.4, -0.2) is 33.2 Å². The molecule has 1 aromatic heterocycles. The van der Waals surface area contributed by atoms with Crippen molar-refractivity contribution >= 4 is 18.2 Å². The average Bonchev–Trinajstić information content (AvgIpc) is 2.52. The van der Waals surface area contributed by atoms with Gasteiger partial charge in [0.05, 0.1) is 5.60 Å². The van der Waals surface area contributed by atoms with Gasteiger partial charge < -0.3 is 15.5 Å². The average molecular weight is 360 g/mol. The molecule has 1 amide bonds. The van der Waals surface area contributed by atoms with Gasteiger partial charge in [-0.3, -0.25) is 9.59 Å². The second-order valence-corrected chi connectivity index (χ2v) is 8.38. The Morgan fingerprint density at radius 2 is 1.96 bits per heavy atom. The molecule has 1 heterocycles. The minimum absolute atomic E-state index is 0.0191. The van der Waals surface area contributed by atoms with E-state index in [9.17, 15) is 9.90 Å². The molecule has 0 aliphatic heterocycles. The maximum atomic E-state index is 12.6. The van der Waals surface area contributed by atoms with Crippen LogP contribution in [0.2, 0.25) is 0 Å². The second kappa shape index (κ2) is 7.35. The highest BCUT2D eigenvalue weighted by atomic mass is 16.3. The van der Waals surface area contributed by atoms with Crippen LogP contribution in [0.5, 0.6) is 0 Å². The van der Waals surface area contributed by atoms with E-state index in [-0.39, 0.29) is 17.8 Å². The quantitative estimate of drug-likeness (QED) is 0.717. The molecular formula is C20H28N2O4. The van der Waals surface area contributed by atoms with Crippen molar-refractivity contribution in [2.24, 2.45) is 17.3 Å². The van der Waals surface area contributed by atoms with Crippen molar-refractivity contribution in [1.82, 2.24) is 4.98 Å². The Hall–Kier alpha value is -1.95. The van der Waals surface area contributed by atoms with E-state index in [1.807, 2.05) is 18.2 Å². The molecule has 3 N–H and O–H groups in total. The van der Waals surface area contributed by atoms with E-state index in [2.05, 4.69) is 17.2 Å². The number of aliphatic hydroxyl groups is 1. The summed E-state index contributed by atoms with van der Waals surface area (Å²) in [4.78, 5) is 25.4. The van der Waals surface area contributed by atoms with Gasteiger partial charge >= 0.3 is 0 Å². The van der Waals surface area contributed by atoms with Gasteiger partial charge in [0.15, 0.2) is 0 Å². The summed E-state index contributed by atoms with van der Waals surface area (Å²) < 4.78 is 0. The second-order valence-electron chi connectivity index (χ2n) is 8.38. The van der Waals surface area contributed by atoms with E-state index < -0.39 is 5.60 Å². The molecule has 2 atom stereocenters. The molecule has 26 heavy (non-hydrogen) atoms. The Bertz CT molecular complexity index is 662. The number of hydrogen-bond donors (Lipinski definition) is 3. The van der Waals surface area contributed by atoms with Gasteiger partial charge in [-0.1, -0.05) is 13.0 Å². The van der Waals surface area contributed by atoms with E-state index in [0.717, 1.165) is 44.2 Å². The van der Waals surface area contributed by atoms with Crippen LogP contribution in [0.25, 0.3) is 0 Å². The predicted octanol–water partition coefficient (Wildman–Crippen LogP) is 3.00. The highest BCUT2D eigenvalue weighted by molar-refractivity contribution is 5.90. The van der Waals surface area contributed by atoms with Crippen molar-refractivity contribution < 1.29 is 19.8 Å². The molecule has 142 valence electrons. The lowest BCUT2D eigenvalue weighted by Gasteiger charge is -2.60. The van der Waals surface area contributed by atoms with Crippen LogP contribution in [0.4, 0.5) is 5.82 Å². The van der Waals surface area contributed by atoms with Crippen molar-refractivity contribution in [2.75, 3.05) is 5.32 Å². The number of nitrogens with zero attached hydrogens (tertiary/aromatic N) is 1. The number of pyridine rings is 1. The van der Waals surface area contributed by atoms with Crippen LogP contribution in [0.15, 0.2) is 18.2 Å². The zero-order chi connectivity index (χ0) is 18.8. The number of aryl methyl sites for hydroxylation is 1. The first-order chi connectivity index (χ1) is 12.4. The maximum absolute atomic E-state index is 12.6. The summed E-state index contributed by atoms with van der Waals surface area (Å²) in [6.07, 6.45) is 7.59. The third kappa shape index (κ3) is 4.06. The fraction of sp³-hybridized carbons (Fsp3) is 0.650. The van der Waals surface area contributed by atoms with Gasteiger partial charge in [0, 0.05) is 12.1 Å². The first kappa shape index (κ1) is 18.8. The number of nitrogens with one attached hydrogen (secondary N) is 1. The monoisotopic (exact) mass is 360 g/mol. The van der Waals surface area contributed by atoms with E-state index in [4.69, 9.17) is 9.90 Å². The molecule has 6 heteroatoms. The fourth-order valence-corrected chi connectivity index (χ4v) is 5.88. The van der Waals surface area contributed by atoms with Crippen LogP contribution in [0.1, 0.15) is 57.6 Å². The number of carboxylic acid groups (broad SMARTS) is 1. The molecule has 0 radical (unpaired) electrons. The fourth-order valence-electron chi connectivity index (χ4n) is 5.88. The van der Waals surface area contributed by atoms with Crippen molar-refractivity contribution in [3.05, 3.63) is 23.9 Å². The lowest BCUT2D eigenvalue weighted by atomic mass is 9.47. The summed E-state index contributed by atoms with van der Waals surface area (Å²) in [6.45, 7) is 1.81. The molecule has 4 aliphatic carbocycles. The summed E-state index contributed by atoms with van der Waals surface area (Å²) >= 11 is 0. The first-order valence-electron chi connectivity index (χ1n) is 9.45. The van der Waals surface area contributed by atoms with Gasteiger partial charge in [-0.15, -0.1) is 0 Å². The van der Waals surface area contributed by atoms with Crippen molar-refractivity contribution in [2.45, 2.75) is 63.9 Å². The van der Waals surface area contributed by atoms with Crippen molar-refractivity contribution in [3.8, 4) is 0 Å². The third-order valence-electron chi connectivity index (χ3n) is 6.12.